The van der Waals surface area contributed by atoms with Crippen LogP contribution in [-0.2, 0) is 0 Å². The number of hydrogen-bond donors (Lipinski definition) is 0. The average molecular weight is 712 g/mol. The number of carbonyl (C=O) groups excluding carboxylic acids is 1. The van der Waals surface area contributed by atoms with E-state index in [2.05, 4.69) is 105 Å². The molecule has 5 nitrogen and oxygen atoms in total. The largest absolute Gasteiger partial charge is 0.534 e. The Morgan fingerprint density at radius 1 is 0.725 bits per heavy atom. The lowest BCUT2D eigenvalue weighted by Crippen LogP contribution is -2.68. The number of fused-ring (bicyclic) bond motifs is 1. The van der Waals surface area contributed by atoms with Gasteiger partial charge in [0, 0.05) is 22.2 Å². The maximum Gasteiger partial charge on any atom is 0.319 e. The molecule has 1 saturated heterocycles. The number of ether oxygens (including phenoxy) is 2. The first kappa shape index (κ1) is 34.7. The molecule has 1 aliphatic rings. The van der Waals surface area contributed by atoms with Gasteiger partial charge in [-0.15, -0.1) is 11.3 Å². The van der Waals surface area contributed by atoms with E-state index in [0.717, 1.165) is 69.4 Å². The lowest BCUT2D eigenvalue weighted by atomic mass is 10.1. The molecule has 1 aliphatic heterocycles. The summed E-state index contributed by atoms with van der Waals surface area (Å²) in [4.78, 5) is 14.9. The van der Waals surface area contributed by atoms with Crippen molar-refractivity contribution in [3.8, 4) is 33.4 Å². The van der Waals surface area contributed by atoms with Gasteiger partial charge in [-0.2, -0.15) is 0 Å². The monoisotopic (exact) mass is 711 g/mol. The quantitative estimate of drug-likeness (QED) is 0.0935. The first-order valence-corrected chi connectivity index (χ1v) is 20.6. The maximum absolute atomic E-state index is 11.5. The van der Waals surface area contributed by atoms with Gasteiger partial charge in [-0.05, 0) is 89.4 Å². The molecule has 0 amide bonds. The van der Waals surface area contributed by atoms with Crippen molar-refractivity contribution in [2.45, 2.75) is 45.1 Å². The van der Waals surface area contributed by atoms with Crippen LogP contribution >= 0.6 is 11.3 Å². The zero-order valence-electron chi connectivity index (χ0n) is 29.6. The van der Waals surface area contributed by atoms with Gasteiger partial charge in [0.2, 0.25) is 0 Å². The van der Waals surface area contributed by atoms with E-state index in [1.165, 1.54) is 29.6 Å². The number of rotatable bonds is 12. The summed E-state index contributed by atoms with van der Waals surface area (Å²) in [6, 6.07) is 43.4. The number of benzene rings is 5. The first-order valence-electron chi connectivity index (χ1n) is 17.9. The molecule has 0 saturated carbocycles. The second-order valence-corrected chi connectivity index (χ2v) is 19.5. The van der Waals surface area contributed by atoms with E-state index in [0.29, 0.717) is 12.2 Å². The van der Waals surface area contributed by atoms with Gasteiger partial charge in [-0.25, -0.2) is 0 Å². The van der Waals surface area contributed by atoms with E-state index in [4.69, 9.17) is 13.9 Å². The molecule has 0 aliphatic carbocycles. The van der Waals surface area contributed by atoms with Crippen molar-refractivity contribution in [1.82, 2.24) is 4.90 Å². The SMILES string of the molecule is CC(C)(C)[Si](Oc1ccc2c(Oc3ccc(OCCN4CCCCC4)cc3)c(-c3ccc(C=O)cc3)sc2c1)(c1ccccc1)c1ccccc1. The molecule has 0 N–H and O–H groups in total. The highest BCUT2D eigenvalue weighted by Crippen LogP contribution is 2.48. The van der Waals surface area contributed by atoms with Crippen LogP contribution < -0.4 is 24.3 Å². The number of carbonyl (C=O) groups is 1. The molecule has 51 heavy (non-hydrogen) atoms. The lowest BCUT2D eigenvalue weighted by Gasteiger charge is -2.43. The lowest BCUT2D eigenvalue weighted by molar-refractivity contribution is 0.112. The molecule has 1 aromatic heterocycles. The third-order valence-corrected chi connectivity index (χ3v) is 15.9. The minimum atomic E-state index is -2.82. The van der Waals surface area contributed by atoms with Crippen molar-refractivity contribution in [2.24, 2.45) is 0 Å². The Bertz CT molecular complexity index is 2010. The standard InChI is InChI=1S/C44H45NO4SSi/c1-44(2,3)51(38-13-7-4-8-14-38,39-15-9-5-10-16-39)49-37-25-26-40-41(31-37)50-43(34-19-17-33(32-46)18-20-34)42(40)48-36-23-21-35(22-24-36)47-30-29-45-27-11-6-12-28-45/h4-5,7-10,13-26,31-32H,6,11-12,27-30H2,1-3H3. The van der Waals surface area contributed by atoms with Crippen LogP contribution in [0.25, 0.3) is 20.5 Å². The summed E-state index contributed by atoms with van der Waals surface area (Å²) in [5.74, 6) is 3.18. The van der Waals surface area contributed by atoms with Crippen LogP contribution in [-0.4, -0.2) is 45.7 Å². The van der Waals surface area contributed by atoms with Crippen molar-refractivity contribution in [3.63, 3.8) is 0 Å². The van der Waals surface area contributed by atoms with Gasteiger partial charge in [0.15, 0.2) is 5.75 Å². The van der Waals surface area contributed by atoms with E-state index in [9.17, 15) is 4.79 Å². The molecule has 7 heteroatoms. The van der Waals surface area contributed by atoms with Crippen molar-refractivity contribution < 1.29 is 18.7 Å². The minimum absolute atomic E-state index is 0.163. The van der Waals surface area contributed by atoms with Crippen LogP contribution in [0.3, 0.4) is 0 Å². The van der Waals surface area contributed by atoms with Gasteiger partial charge in [0.05, 0.1) is 4.88 Å². The summed E-state index contributed by atoms with van der Waals surface area (Å²) in [5.41, 5.74) is 1.63. The second kappa shape index (κ2) is 15.3. The maximum atomic E-state index is 11.5. The highest BCUT2D eigenvalue weighted by atomic mass is 32.1. The number of likely N-dealkylation sites (tertiary alicyclic amines) is 1. The molecule has 0 bridgehead atoms. The summed E-state index contributed by atoms with van der Waals surface area (Å²) in [6.45, 7) is 10.8. The molecule has 0 unspecified atom stereocenters. The Morgan fingerprint density at radius 3 is 1.94 bits per heavy atom. The Kier molecular flexibility index (Phi) is 10.4. The van der Waals surface area contributed by atoms with Crippen LogP contribution in [0.5, 0.6) is 23.0 Å². The molecular formula is C44H45NO4SSi. The van der Waals surface area contributed by atoms with E-state index in [1.54, 1.807) is 11.3 Å². The zero-order valence-corrected chi connectivity index (χ0v) is 31.5. The van der Waals surface area contributed by atoms with Gasteiger partial charge in [0.1, 0.15) is 30.1 Å². The molecule has 0 radical (unpaired) electrons. The van der Waals surface area contributed by atoms with Crippen molar-refractivity contribution >= 4 is 46.4 Å². The zero-order chi connectivity index (χ0) is 35.3. The van der Waals surface area contributed by atoms with E-state index in [-0.39, 0.29) is 5.04 Å². The highest BCUT2D eigenvalue weighted by molar-refractivity contribution is 7.22. The number of hydrogen-bond acceptors (Lipinski definition) is 6. The topological polar surface area (TPSA) is 48.0 Å². The average Bonchev–Trinajstić information content (AvgIpc) is 3.52. The Morgan fingerprint density at radius 2 is 1.33 bits per heavy atom. The molecule has 2 heterocycles. The van der Waals surface area contributed by atoms with Gasteiger partial charge >= 0.3 is 8.32 Å². The molecule has 0 spiro atoms. The van der Waals surface area contributed by atoms with Crippen LogP contribution in [0.4, 0.5) is 0 Å². The smallest absolute Gasteiger partial charge is 0.319 e. The predicted octanol–water partition coefficient (Wildman–Crippen LogP) is 9.98. The van der Waals surface area contributed by atoms with Crippen LogP contribution in [0.1, 0.15) is 50.4 Å². The fraction of sp³-hybridized carbons (Fsp3) is 0.250. The molecule has 7 rings (SSSR count). The molecular weight excluding hydrogens is 667 g/mol. The van der Waals surface area contributed by atoms with Crippen molar-refractivity contribution in [2.75, 3.05) is 26.2 Å². The number of aldehydes is 1. The summed E-state index contributed by atoms with van der Waals surface area (Å²) in [5, 5.41) is 3.30. The van der Waals surface area contributed by atoms with Gasteiger partial charge in [-0.1, -0.05) is 112 Å². The highest BCUT2D eigenvalue weighted by Gasteiger charge is 2.52. The third-order valence-electron chi connectivity index (χ3n) is 9.78. The minimum Gasteiger partial charge on any atom is -0.534 e. The molecule has 260 valence electrons. The third kappa shape index (κ3) is 7.52. The molecule has 6 aromatic rings. The van der Waals surface area contributed by atoms with Gasteiger partial charge < -0.3 is 13.9 Å². The number of thiophene rings is 1. The van der Waals surface area contributed by atoms with Crippen LogP contribution in [0, 0.1) is 0 Å². The van der Waals surface area contributed by atoms with E-state index in [1.807, 2.05) is 48.5 Å². The van der Waals surface area contributed by atoms with E-state index >= 15 is 0 Å². The number of nitrogens with zero attached hydrogens (tertiary/aromatic N) is 1. The Labute approximate surface area is 306 Å². The Balaban J connectivity index is 1.23. The van der Waals surface area contributed by atoms with E-state index < -0.39 is 8.32 Å². The summed E-state index contributed by atoms with van der Waals surface area (Å²) >= 11 is 1.67. The fourth-order valence-corrected chi connectivity index (χ4v) is 12.7. The molecule has 1 fully saturated rings. The predicted molar refractivity (Wildman–Crippen MR) is 213 cm³/mol. The summed E-state index contributed by atoms with van der Waals surface area (Å²) in [6.07, 6.45) is 4.76. The van der Waals surface area contributed by atoms with Crippen LogP contribution in [0.15, 0.2) is 127 Å². The van der Waals surface area contributed by atoms with Gasteiger partial charge in [-0.3, -0.25) is 9.69 Å². The normalized spacial score (nSPS) is 13.9. The Hall–Kier alpha value is -4.69. The molecule has 0 atom stereocenters. The molecule has 5 aromatic carbocycles. The van der Waals surface area contributed by atoms with Crippen molar-refractivity contribution in [3.05, 3.63) is 133 Å². The summed E-state index contributed by atoms with van der Waals surface area (Å²) < 4.78 is 21.2. The van der Waals surface area contributed by atoms with Crippen molar-refractivity contribution in [1.29, 1.82) is 0 Å². The second-order valence-electron chi connectivity index (χ2n) is 14.2. The van der Waals surface area contributed by atoms with Crippen LogP contribution in [0.2, 0.25) is 5.04 Å². The van der Waals surface area contributed by atoms with Gasteiger partial charge in [0.25, 0.3) is 0 Å². The summed E-state index contributed by atoms with van der Waals surface area (Å²) in [7, 11) is -2.82. The first-order chi connectivity index (χ1) is 24.8. The fourth-order valence-electron chi connectivity index (χ4n) is 7.14. The number of piperidine rings is 1.